The molecule has 1 aromatic heterocycles. The number of carbonyl (C=O) groups excluding carboxylic acids is 2. The molecule has 9 heteroatoms. The fourth-order valence-electron chi connectivity index (χ4n) is 4.42. The molecule has 0 bridgehead atoms. The number of carbonyl (C=O) groups is 2. The Hall–Kier alpha value is -3.59. The first-order valence-electron chi connectivity index (χ1n) is 11.0. The first-order valence-corrected chi connectivity index (χ1v) is 11.0. The second-order valence-electron chi connectivity index (χ2n) is 8.05. The van der Waals surface area contributed by atoms with Gasteiger partial charge >= 0.3 is 5.76 Å². The Labute approximate surface area is 191 Å². The van der Waals surface area contributed by atoms with Gasteiger partial charge in [0, 0.05) is 50.4 Å². The summed E-state index contributed by atoms with van der Waals surface area (Å²) in [7, 11) is 1.61. The fraction of sp³-hybridized carbons (Fsp3) is 0.375. The number of oxazole rings is 1. The minimum atomic E-state index is -0.415. The number of nitrogens with zero attached hydrogens (tertiary/aromatic N) is 3. The van der Waals surface area contributed by atoms with E-state index in [1.807, 2.05) is 41.0 Å². The molecule has 1 N–H and O–H groups in total. The molecule has 1 aliphatic rings. The highest BCUT2D eigenvalue weighted by molar-refractivity contribution is 5.94. The summed E-state index contributed by atoms with van der Waals surface area (Å²) < 4.78 is 12.3. The molecule has 9 nitrogen and oxygen atoms in total. The summed E-state index contributed by atoms with van der Waals surface area (Å²) >= 11 is 0. The van der Waals surface area contributed by atoms with Gasteiger partial charge in [-0.3, -0.25) is 19.1 Å². The average molecular weight is 453 g/mol. The molecule has 0 spiro atoms. The van der Waals surface area contributed by atoms with Crippen molar-refractivity contribution in [2.45, 2.75) is 26.4 Å². The standard InChI is InChI=1S/C24H28N4O5/c1-4-27-19-10-9-17(13-22(19)33-24(27)31)25-23(30)15-26-11-12-28(16(2)29)20(14-26)18-7-5-6-8-21(18)32-3/h5-10,13,20H,4,11-12,14-15H2,1-3H3,(H,25,30)/t20-/m1/s1. The molecule has 0 aliphatic carbocycles. The molecule has 3 aromatic rings. The lowest BCUT2D eigenvalue weighted by Gasteiger charge is -2.41. The van der Waals surface area contributed by atoms with Crippen molar-refractivity contribution < 1.29 is 18.7 Å². The normalized spacial score (nSPS) is 16.7. The predicted molar refractivity (Wildman–Crippen MR) is 124 cm³/mol. The summed E-state index contributed by atoms with van der Waals surface area (Å²) in [5, 5.41) is 2.88. The second-order valence-corrected chi connectivity index (χ2v) is 8.05. The Morgan fingerprint density at radius 3 is 2.70 bits per heavy atom. The number of rotatable bonds is 6. The third-order valence-electron chi connectivity index (χ3n) is 6.00. The van der Waals surface area contributed by atoms with Gasteiger partial charge < -0.3 is 19.4 Å². The second kappa shape index (κ2) is 9.50. The topological polar surface area (TPSA) is 97.0 Å². The minimum absolute atomic E-state index is 0.0104. The van der Waals surface area contributed by atoms with Crippen LogP contribution in [-0.4, -0.2) is 59.5 Å². The number of aromatic nitrogens is 1. The van der Waals surface area contributed by atoms with Crippen LogP contribution >= 0.6 is 0 Å². The van der Waals surface area contributed by atoms with Crippen LogP contribution in [0.4, 0.5) is 5.69 Å². The molecule has 4 rings (SSSR count). The van der Waals surface area contributed by atoms with E-state index in [2.05, 4.69) is 5.32 Å². The molecule has 2 amide bonds. The number of methoxy groups -OCH3 is 1. The molecular weight excluding hydrogens is 424 g/mol. The van der Waals surface area contributed by atoms with Crippen LogP contribution in [0.25, 0.3) is 11.1 Å². The number of fused-ring (bicyclic) bond motifs is 1. The molecule has 2 aromatic carbocycles. The maximum absolute atomic E-state index is 12.8. The van der Waals surface area contributed by atoms with Crippen molar-refractivity contribution in [1.29, 1.82) is 0 Å². The van der Waals surface area contributed by atoms with E-state index in [9.17, 15) is 14.4 Å². The molecule has 1 aliphatic heterocycles. The maximum atomic E-state index is 12.8. The van der Waals surface area contributed by atoms with Crippen molar-refractivity contribution in [3.8, 4) is 5.75 Å². The van der Waals surface area contributed by atoms with E-state index in [0.717, 1.165) is 5.56 Å². The van der Waals surface area contributed by atoms with Crippen molar-refractivity contribution >= 4 is 28.6 Å². The number of anilines is 1. The number of para-hydroxylation sites is 1. The Balaban J connectivity index is 1.47. The Bertz CT molecular complexity index is 1230. The maximum Gasteiger partial charge on any atom is 0.419 e. The highest BCUT2D eigenvalue weighted by Crippen LogP contribution is 2.32. The molecular formula is C24H28N4O5. The lowest BCUT2D eigenvalue weighted by molar-refractivity contribution is -0.134. The first kappa shape index (κ1) is 22.6. The van der Waals surface area contributed by atoms with Crippen molar-refractivity contribution in [2.75, 3.05) is 38.6 Å². The zero-order chi connectivity index (χ0) is 23.5. The van der Waals surface area contributed by atoms with Crippen molar-refractivity contribution in [1.82, 2.24) is 14.4 Å². The van der Waals surface area contributed by atoms with Crippen LogP contribution < -0.4 is 15.8 Å². The number of nitrogens with one attached hydrogen (secondary N) is 1. The van der Waals surface area contributed by atoms with Crippen LogP contribution in [0.3, 0.4) is 0 Å². The summed E-state index contributed by atoms with van der Waals surface area (Å²) in [4.78, 5) is 40.8. The van der Waals surface area contributed by atoms with Crippen LogP contribution in [0.5, 0.6) is 5.75 Å². The van der Waals surface area contributed by atoms with E-state index in [1.54, 1.807) is 32.2 Å². The molecule has 2 heterocycles. The van der Waals surface area contributed by atoms with Gasteiger partial charge in [0.25, 0.3) is 0 Å². The highest BCUT2D eigenvalue weighted by Gasteiger charge is 2.32. The van der Waals surface area contributed by atoms with Crippen molar-refractivity contribution in [3.05, 3.63) is 58.6 Å². The van der Waals surface area contributed by atoms with E-state index in [0.29, 0.717) is 48.7 Å². The van der Waals surface area contributed by atoms with Crippen LogP contribution in [0, 0.1) is 0 Å². The van der Waals surface area contributed by atoms with Crippen LogP contribution in [0.15, 0.2) is 51.7 Å². The summed E-state index contributed by atoms with van der Waals surface area (Å²) in [6, 6.07) is 12.6. The van der Waals surface area contributed by atoms with Gasteiger partial charge in [0.15, 0.2) is 5.58 Å². The van der Waals surface area contributed by atoms with Crippen LogP contribution in [0.1, 0.15) is 25.5 Å². The average Bonchev–Trinajstić information content (AvgIpc) is 3.12. The Morgan fingerprint density at radius 2 is 1.97 bits per heavy atom. The van der Waals surface area contributed by atoms with E-state index in [1.165, 1.54) is 4.57 Å². The molecule has 0 saturated carbocycles. The van der Waals surface area contributed by atoms with Gasteiger partial charge in [-0.1, -0.05) is 18.2 Å². The van der Waals surface area contributed by atoms with Gasteiger partial charge in [-0.05, 0) is 25.1 Å². The molecule has 0 radical (unpaired) electrons. The molecule has 1 saturated heterocycles. The van der Waals surface area contributed by atoms with E-state index >= 15 is 0 Å². The zero-order valence-corrected chi connectivity index (χ0v) is 19.0. The number of hydrogen-bond acceptors (Lipinski definition) is 6. The SMILES string of the molecule is CCn1c(=O)oc2cc(NC(=O)CN3CCN(C(C)=O)[C@@H](c4ccccc4OC)C3)ccc21. The largest absolute Gasteiger partial charge is 0.496 e. The third-order valence-corrected chi connectivity index (χ3v) is 6.00. The van der Waals surface area contributed by atoms with Crippen molar-refractivity contribution in [2.24, 2.45) is 0 Å². The minimum Gasteiger partial charge on any atom is -0.496 e. The molecule has 174 valence electrons. The van der Waals surface area contributed by atoms with E-state index in [-0.39, 0.29) is 24.4 Å². The molecule has 33 heavy (non-hydrogen) atoms. The lowest BCUT2D eigenvalue weighted by atomic mass is 10.0. The molecule has 0 unspecified atom stereocenters. The lowest BCUT2D eigenvalue weighted by Crippen LogP contribution is -2.51. The van der Waals surface area contributed by atoms with Gasteiger partial charge in [0.2, 0.25) is 11.8 Å². The van der Waals surface area contributed by atoms with Crippen molar-refractivity contribution in [3.63, 3.8) is 0 Å². The highest BCUT2D eigenvalue weighted by atomic mass is 16.5. The van der Waals surface area contributed by atoms with Gasteiger partial charge in [0.05, 0.1) is 25.2 Å². The quantitative estimate of drug-likeness (QED) is 0.617. The smallest absolute Gasteiger partial charge is 0.419 e. The van der Waals surface area contributed by atoms with E-state index < -0.39 is 5.76 Å². The number of amides is 2. The van der Waals surface area contributed by atoms with E-state index in [4.69, 9.17) is 9.15 Å². The number of benzene rings is 2. The monoisotopic (exact) mass is 452 g/mol. The zero-order valence-electron chi connectivity index (χ0n) is 19.0. The number of ether oxygens (including phenoxy) is 1. The summed E-state index contributed by atoms with van der Waals surface area (Å²) in [6.07, 6.45) is 0. The first-order chi connectivity index (χ1) is 15.9. The van der Waals surface area contributed by atoms with Crippen LogP contribution in [-0.2, 0) is 16.1 Å². The van der Waals surface area contributed by atoms with Gasteiger partial charge in [-0.2, -0.15) is 0 Å². The molecule has 1 fully saturated rings. The Morgan fingerprint density at radius 1 is 1.18 bits per heavy atom. The third kappa shape index (κ3) is 4.63. The Kier molecular flexibility index (Phi) is 6.50. The van der Waals surface area contributed by atoms with Crippen LogP contribution in [0.2, 0.25) is 0 Å². The molecule has 1 atom stereocenters. The van der Waals surface area contributed by atoms with Gasteiger partial charge in [-0.25, -0.2) is 4.79 Å². The van der Waals surface area contributed by atoms with Gasteiger partial charge in [0.1, 0.15) is 5.75 Å². The summed E-state index contributed by atoms with van der Waals surface area (Å²) in [6.45, 7) is 5.74. The summed E-state index contributed by atoms with van der Waals surface area (Å²) in [5.74, 6) is 0.112. The number of piperazine rings is 1. The predicted octanol–water partition coefficient (Wildman–Crippen LogP) is 2.47. The van der Waals surface area contributed by atoms with Gasteiger partial charge in [-0.15, -0.1) is 0 Å². The fourth-order valence-corrected chi connectivity index (χ4v) is 4.42. The summed E-state index contributed by atoms with van der Waals surface area (Å²) in [5.41, 5.74) is 2.61. The number of aryl methyl sites for hydroxylation is 1. The number of hydrogen-bond donors (Lipinski definition) is 1.